The fourth-order valence-electron chi connectivity index (χ4n) is 3.18. The third-order valence-electron chi connectivity index (χ3n) is 4.73. The lowest BCUT2D eigenvalue weighted by atomic mass is 10.1. The Morgan fingerprint density at radius 1 is 1.21 bits per heavy atom. The van der Waals surface area contributed by atoms with E-state index in [0.717, 1.165) is 10.4 Å². The van der Waals surface area contributed by atoms with E-state index in [-0.39, 0.29) is 11.4 Å². The highest BCUT2D eigenvalue weighted by Crippen LogP contribution is 2.25. The highest BCUT2D eigenvalue weighted by atomic mass is 35.5. The topological polar surface area (TPSA) is 120 Å². The lowest BCUT2D eigenvalue weighted by Crippen LogP contribution is -2.27. The minimum absolute atomic E-state index is 0.144. The maximum Gasteiger partial charge on any atom is 0.294 e. The van der Waals surface area contributed by atoms with Crippen LogP contribution in [-0.2, 0) is 6.42 Å². The van der Waals surface area contributed by atoms with Gasteiger partial charge in [0.1, 0.15) is 5.69 Å². The maximum atomic E-state index is 12.8. The number of para-hydroxylation sites is 2. The van der Waals surface area contributed by atoms with Gasteiger partial charge in [0.05, 0.1) is 4.92 Å². The molecule has 4 rings (SSSR count). The van der Waals surface area contributed by atoms with Crippen molar-refractivity contribution in [2.75, 3.05) is 5.32 Å². The van der Waals surface area contributed by atoms with Crippen LogP contribution in [0.3, 0.4) is 0 Å². The Balaban J connectivity index is 1.61. The van der Waals surface area contributed by atoms with Crippen LogP contribution in [0.1, 0.15) is 26.6 Å². The quantitative estimate of drug-likeness (QED) is 0.322. The fourth-order valence-corrected chi connectivity index (χ4v) is 4.21. The maximum absolute atomic E-state index is 12.8. The van der Waals surface area contributed by atoms with E-state index in [4.69, 9.17) is 11.6 Å². The Kier molecular flexibility index (Phi) is 6.29. The molecule has 0 saturated carbocycles. The minimum atomic E-state index is -0.758. The standard InChI is InChI=1S/C22H16ClN5O4S/c1-13-10-19(29)20(26-27(13)17-8-4-5-9-18(17)28(31)32)21(30)25-22-24-12-15(33-22)11-14-6-2-3-7-16(14)23/h2-10,12H,11H2,1H3,(H,24,25,30). The number of benzene rings is 2. The molecule has 0 aliphatic carbocycles. The molecular formula is C22H16ClN5O4S. The van der Waals surface area contributed by atoms with Crippen LogP contribution in [0.15, 0.2) is 65.6 Å². The number of aromatic nitrogens is 3. The number of nitro benzene ring substituents is 1. The molecule has 1 N–H and O–H groups in total. The largest absolute Gasteiger partial charge is 0.296 e. The van der Waals surface area contributed by atoms with Crippen LogP contribution >= 0.6 is 22.9 Å². The summed E-state index contributed by atoms with van der Waals surface area (Å²) >= 11 is 7.45. The van der Waals surface area contributed by atoms with Crippen molar-refractivity contribution in [2.45, 2.75) is 13.3 Å². The minimum Gasteiger partial charge on any atom is -0.296 e. The van der Waals surface area contributed by atoms with Crippen LogP contribution < -0.4 is 10.7 Å². The zero-order chi connectivity index (χ0) is 23.5. The van der Waals surface area contributed by atoms with E-state index >= 15 is 0 Å². The average molecular weight is 482 g/mol. The molecule has 0 radical (unpaired) electrons. The number of thiazole rings is 1. The van der Waals surface area contributed by atoms with E-state index in [0.29, 0.717) is 22.3 Å². The van der Waals surface area contributed by atoms with Gasteiger partial charge in [-0.1, -0.05) is 41.9 Å². The first-order valence-corrected chi connectivity index (χ1v) is 10.9. The Morgan fingerprint density at radius 3 is 2.70 bits per heavy atom. The van der Waals surface area contributed by atoms with Gasteiger partial charge >= 0.3 is 0 Å². The number of halogens is 1. The number of rotatable bonds is 6. The molecule has 1 amide bonds. The van der Waals surface area contributed by atoms with Crippen molar-refractivity contribution >= 4 is 39.7 Å². The molecule has 0 atom stereocenters. The monoisotopic (exact) mass is 481 g/mol. The number of nitro groups is 1. The number of anilines is 1. The van der Waals surface area contributed by atoms with Crippen molar-refractivity contribution in [1.29, 1.82) is 0 Å². The highest BCUT2D eigenvalue weighted by Gasteiger charge is 2.21. The number of hydrogen-bond donors (Lipinski definition) is 1. The summed E-state index contributed by atoms with van der Waals surface area (Å²) in [6.45, 7) is 1.58. The molecule has 0 unspecified atom stereocenters. The SMILES string of the molecule is Cc1cc(=O)c(C(=O)Nc2ncc(Cc3ccccc3Cl)s2)nn1-c1ccccc1[N+](=O)[O-]. The molecule has 33 heavy (non-hydrogen) atoms. The van der Waals surface area contributed by atoms with E-state index in [2.05, 4.69) is 15.4 Å². The van der Waals surface area contributed by atoms with E-state index in [1.54, 1.807) is 25.3 Å². The summed E-state index contributed by atoms with van der Waals surface area (Å²) in [5.74, 6) is -0.758. The summed E-state index contributed by atoms with van der Waals surface area (Å²) in [6, 6.07) is 14.6. The van der Waals surface area contributed by atoms with Crippen molar-refractivity contribution in [1.82, 2.24) is 14.8 Å². The lowest BCUT2D eigenvalue weighted by molar-refractivity contribution is -0.384. The number of aryl methyl sites for hydroxylation is 1. The third-order valence-corrected chi connectivity index (χ3v) is 6.01. The molecule has 0 bridgehead atoms. The molecule has 4 aromatic rings. The average Bonchev–Trinajstić information content (AvgIpc) is 3.22. The Bertz CT molecular complexity index is 1430. The zero-order valence-corrected chi connectivity index (χ0v) is 18.8. The lowest BCUT2D eigenvalue weighted by Gasteiger charge is -2.11. The number of amides is 1. The van der Waals surface area contributed by atoms with Gasteiger partial charge in [0.25, 0.3) is 11.6 Å². The zero-order valence-electron chi connectivity index (χ0n) is 17.2. The van der Waals surface area contributed by atoms with Crippen LogP contribution in [0, 0.1) is 17.0 Å². The number of hydrogen-bond acceptors (Lipinski definition) is 7. The van der Waals surface area contributed by atoms with Crippen molar-refractivity contribution in [3.05, 3.63) is 108 Å². The smallest absolute Gasteiger partial charge is 0.294 e. The second kappa shape index (κ2) is 9.31. The normalized spacial score (nSPS) is 10.7. The predicted molar refractivity (Wildman–Crippen MR) is 126 cm³/mol. The van der Waals surface area contributed by atoms with E-state index in [1.165, 1.54) is 40.3 Å². The fraction of sp³-hybridized carbons (Fsp3) is 0.0909. The van der Waals surface area contributed by atoms with Crippen LogP contribution in [0.4, 0.5) is 10.8 Å². The molecule has 2 aromatic heterocycles. The Morgan fingerprint density at radius 2 is 1.94 bits per heavy atom. The molecule has 0 fully saturated rings. The van der Waals surface area contributed by atoms with Crippen LogP contribution in [0.2, 0.25) is 5.02 Å². The van der Waals surface area contributed by atoms with Gasteiger partial charge in [-0.05, 0) is 24.6 Å². The van der Waals surface area contributed by atoms with Crippen molar-refractivity contribution < 1.29 is 9.72 Å². The van der Waals surface area contributed by atoms with Crippen LogP contribution in [0.25, 0.3) is 5.69 Å². The summed E-state index contributed by atoms with van der Waals surface area (Å²) < 4.78 is 1.21. The molecule has 0 aliphatic heterocycles. The van der Waals surface area contributed by atoms with Gasteiger partial charge in [0.15, 0.2) is 10.8 Å². The van der Waals surface area contributed by atoms with Crippen molar-refractivity contribution in [2.24, 2.45) is 0 Å². The summed E-state index contributed by atoms with van der Waals surface area (Å²) in [5, 5.41) is 19.0. The first-order chi connectivity index (χ1) is 15.8. The molecule has 2 heterocycles. The molecule has 0 saturated heterocycles. The van der Waals surface area contributed by atoms with E-state index < -0.39 is 22.0 Å². The molecule has 11 heteroatoms. The van der Waals surface area contributed by atoms with Gasteiger partial charge in [0.2, 0.25) is 5.43 Å². The van der Waals surface area contributed by atoms with Gasteiger partial charge in [-0.15, -0.1) is 11.3 Å². The molecule has 2 aromatic carbocycles. The summed E-state index contributed by atoms with van der Waals surface area (Å²) in [4.78, 5) is 41.2. The predicted octanol–water partition coefficient (Wildman–Crippen LogP) is 4.40. The Hall–Kier alpha value is -3.89. The van der Waals surface area contributed by atoms with Gasteiger partial charge < -0.3 is 0 Å². The summed E-state index contributed by atoms with van der Waals surface area (Å²) in [5.41, 5.74) is 0.210. The van der Waals surface area contributed by atoms with Gasteiger partial charge in [0, 0.05) is 40.3 Å². The van der Waals surface area contributed by atoms with Crippen molar-refractivity contribution in [3.8, 4) is 5.69 Å². The number of carbonyl (C=O) groups is 1. The van der Waals surface area contributed by atoms with Gasteiger partial charge in [-0.2, -0.15) is 5.10 Å². The first kappa shape index (κ1) is 22.3. The number of carbonyl (C=O) groups excluding carboxylic acids is 1. The van der Waals surface area contributed by atoms with Crippen LogP contribution in [-0.4, -0.2) is 25.6 Å². The second-order valence-electron chi connectivity index (χ2n) is 7.01. The molecule has 9 nitrogen and oxygen atoms in total. The van der Waals surface area contributed by atoms with E-state index in [1.807, 2.05) is 18.2 Å². The molecule has 0 aliphatic rings. The number of nitrogens with zero attached hydrogens (tertiary/aromatic N) is 4. The van der Waals surface area contributed by atoms with Gasteiger partial charge in [-0.3, -0.25) is 25.0 Å². The highest BCUT2D eigenvalue weighted by molar-refractivity contribution is 7.15. The Labute approximate surface area is 196 Å². The van der Waals surface area contributed by atoms with Crippen molar-refractivity contribution in [3.63, 3.8) is 0 Å². The number of nitrogens with one attached hydrogen (secondary N) is 1. The molecule has 166 valence electrons. The summed E-state index contributed by atoms with van der Waals surface area (Å²) in [7, 11) is 0. The second-order valence-corrected chi connectivity index (χ2v) is 8.53. The molecular weight excluding hydrogens is 466 g/mol. The van der Waals surface area contributed by atoms with Crippen LogP contribution in [0.5, 0.6) is 0 Å². The van der Waals surface area contributed by atoms with E-state index in [9.17, 15) is 19.7 Å². The molecule has 0 spiro atoms. The third kappa shape index (κ3) is 4.81. The van der Waals surface area contributed by atoms with Gasteiger partial charge in [-0.25, -0.2) is 9.67 Å². The summed E-state index contributed by atoms with van der Waals surface area (Å²) in [6.07, 6.45) is 2.16. The first-order valence-electron chi connectivity index (χ1n) is 9.67.